The van der Waals surface area contributed by atoms with E-state index in [1.54, 1.807) is 18.2 Å². The van der Waals surface area contributed by atoms with Crippen molar-refractivity contribution in [3.63, 3.8) is 0 Å². The number of aromatic amines is 1. The Morgan fingerprint density at radius 1 is 1.50 bits per heavy atom. The van der Waals surface area contributed by atoms with Crippen molar-refractivity contribution in [1.82, 2.24) is 5.10 Å². The maximum absolute atomic E-state index is 11.6. The molecular formula is C10H8ClN2O3+. The number of carboxylic acids is 1. The van der Waals surface area contributed by atoms with E-state index < -0.39 is 5.97 Å². The Morgan fingerprint density at radius 3 is 2.94 bits per heavy atom. The summed E-state index contributed by atoms with van der Waals surface area (Å²) in [4.78, 5) is 22.1. The number of carboxylic acid groups (broad SMARTS) is 1. The van der Waals surface area contributed by atoms with E-state index in [-0.39, 0.29) is 12.0 Å². The van der Waals surface area contributed by atoms with Crippen LogP contribution in [0.3, 0.4) is 0 Å². The first-order valence-corrected chi connectivity index (χ1v) is 4.88. The molecule has 6 heteroatoms. The van der Waals surface area contributed by atoms with Gasteiger partial charge in [0.2, 0.25) is 6.20 Å². The Morgan fingerprint density at radius 2 is 2.25 bits per heavy atom. The van der Waals surface area contributed by atoms with E-state index >= 15 is 0 Å². The minimum Gasteiger partial charge on any atom is -0.476 e. The summed E-state index contributed by atoms with van der Waals surface area (Å²) in [6, 6.07) is 4.81. The van der Waals surface area contributed by atoms with Crippen LogP contribution in [0, 0.1) is 0 Å². The number of carbonyl (C=O) groups is 1. The van der Waals surface area contributed by atoms with Gasteiger partial charge in [0.25, 0.3) is 12.0 Å². The van der Waals surface area contributed by atoms with Crippen molar-refractivity contribution in [3.05, 3.63) is 39.6 Å². The predicted molar refractivity (Wildman–Crippen MR) is 57.4 cm³/mol. The lowest BCUT2D eigenvalue weighted by molar-refractivity contribution is -0.741. The Kier molecular flexibility index (Phi) is 2.62. The third kappa shape index (κ3) is 2.04. The highest BCUT2D eigenvalue weighted by atomic mass is 35.5. The third-order valence-corrected chi connectivity index (χ3v) is 2.32. The van der Waals surface area contributed by atoms with E-state index in [1.165, 1.54) is 10.9 Å². The van der Waals surface area contributed by atoms with Gasteiger partial charge >= 0.3 is 5.97 Å². The molecule has 5 nitrogen and oxygen atoms in total. The molecule has 0 aliphatic rings. The van der Waals surface area contributed by atoms with Crippen molar-refractivity contribution in [1.29, 1.82) is 0 Å². The summed E-state index contributed by atoms with van der Waals surface area (Å²) >= 11 is 5.76. The van der Waals surface area contributed by atoms with Crippen LogP contribution < -0.4 is 10.1 Å². The molecule has 0 unspecified atom stereocenters. The van der Waals surface area contributed by atoms with Crippen LogP contribution in [-0.4, -0.2) is 16.2 Å². The molecule has 2 N–H and O–H groups in total. The molecule has 16 heavy (non-hydrogen) atoms. The van der Waals surface area contributed by atoms with E-state index in [1.807, 2.05) is 0 Å². The first-order chi connectivity index (χ1) is 7.56. The second-order valence-corrected chi connectivity index (χ2v) is 3.75. The van der Waals surface area contributed by atoms with Gasteiger partial charge in [0.15, 0.2) is 0 Å². The molecule has 0 fully saturated rings. The lowest BCUT2D eigenvalue weighted by Crippen LogP contribution is -2.44. The Balaban J connectivity index is 2.64. The van der Waals surface area contributed by atoms with Crippen molar-refractivity contribution in [2.24, 2.45) is 0 Å². The number of aromatic nitrogens is 2. The standard InChI is InChI=1S/C10H7ClN2O3/c11-6-1-2-8-7(3-6)9(14)4-13(12-8)5-10(15)16/h1-4H,5H2,(H-,12,14,15,16)/p+1. The molecule has 0 amide bonds. The summed E-state index contributed by atoms with van der Waals surface area (Å²) in [5.74, 6) is -1.02. The number of benzene rings is 1. The van der Waals surface area contributed by atoms with Crippen LogP contribution >= 0.6 is 11.6 Å². The number of fused-ring (bicyclic) bond motifs is 1. The van der Waals surface area contributed by atoms with Gasteiger partial charge in [-0.2, -0.15) is 5.10 Å². The highest BCUT2D eigenvalue weighted by Crippen LogP contribution is 2.12. The first kappa shape index (κ1) is 10.6. The molecule has 0 atom stereocenters. The second-order valence-electron chi connectivity index (χ2n) is 3.32. The Hall–Kier alpha value is -1.88. The quantitative estimate of drug-likeness (QED) is 0.752. The number of rotatable bonds is 2. The molecule has 0 radical (unpaired) electrons. The summed E-state index contributed by atoms with van der Waals surface area (Å²) in [7, 11) is 0. The van der Waals surface area contributed by atoms with Gasteiger partial charge in [-0.1, -0.05) is 11.6 Å². The van der Waals surface area contributed by atoms with Crippen LogP contribution in [0.1, 0.15) is 0 Å². The van der Waals surface area contributed by atoms with E-state index in [4.69, 9.17) is 16.7 Å². The van der Waals surface area contributed by atoms with Gasteiger partial charge < -0.3 is 5.11 Å². The monoisotopic (exact) mass is 239 g/mol. The molecule has 0 saturated carbocycles. The second kappa shape index (κ2) is 3.94. The van der Waals surface area contributed by atoms with Crippen LogP contribution in [0.15, 0.2) is 29.2 Å². The van der Waals surface area contributed by atoms with E-state index in [9.17, 15) is 9.59 Å². The van der Waals surface area contributed by atoms with Crippen molar-refractivity contribution in [2.45, 2.75) is 6.54 Å². The molecule has 0 spiro atoms. The van der Waals surface area contributed by atoms with Crippen molar-refractivity contribution in [3.8, 4) is 0 Å². The molecule has 1 heterocycles. The third-order valence-electron chi connectivity index (χ3n) is 2.09. The fraction of sp³-hybridized carbons (Fsp3) is 0.100. The molecule has 1 aromatic heterocycles. The van der Waals surface area contributed by atoms with Gasteiger partial charge in [0.1, 0.15) is 5.52 Å². The van der Waals surface area contributed by atoms with Crippen LogP contribution in [0.2, 0.25) is 5.02 Å². The molecule has 0 saturated heterocycles. The molecule has 1 aromatic carbocycles. The lowest BCUT2D eigenvalue weighted by atomic mass is 10.2. The zero-order chi connectivity index (χ0) is 11.7. The summed E-state index contributed by atoms with van der Waals surface area (Å²) in [6.07, 6.45) is 1.20. The van der Waals surface area contributed by atoms with E-state index in [0.29, 0.717) is 15.9 Å². The number of halogens is 1. The number of H-pyrrole nitrogens is 1. The minimum absolute atomic E-state index is 0.266. The van der Waals surface area contributed by atoms with Crippen molar-refractivity contribution in [2.75, 3.05) is 0 Å². The zero-order valence-electron chi connectivity index (χ0n) is 8.11. The highest BCUT2D eigenvalue weighted by molar-refractivity contribution is 6.31. The van der Waals surface area contributed by atoms with Gasteiger partial charge in [-0.25, -0.2) is 4.79 Å². The van der Waals surface area contributed by atoms with Crippen molar-refractivity contribution < 1.29 is 14.6 Å². The topological polar surface area (TPSA) is 74.0 Å². The van der Waals surface area contributed by atoms with Gasteiger partial charge in [-0.05, 0) is 18.2 Å². The molecule has 2 rings (SSSR count). The summed E-state index contributed by atoms with van der Waals surface area (Å²) in [5, 5.41) is 12.3. The fourth-order valence-corrected chi connectivity index (χ4v) is 1.62. The van der Waals surface area contributed by atoms with Crippen molar-refractivity contribution >= 4 is 28.5 Å². The largest absolute Gasteiger partial charge is 0.476 e. The molecule has 82 valence electrons. The average molecular weight is 240 g/mol. The molecule has 0 aliphatic carbocycles. The van der Waals surface area contributed by atoms with Crippen LogP contribution in [0.25, 0.3) is 10.9 Å². The van der Waals surface area contributed by atoms with Crippen LogP contribution in [-0.2, 0) is 11.3 Å². The smallest absolute Gasteiger partial charge is 0.372 e. The maximum Gasteiger partial charge on any atom is 0.372 e. The zero-order valence-corrected chi connectivity index (χ0v) is 8.86. The normalized spacial score (nSPS) is 10.6. The van der Waals surface area contributed by atoms with Gasteiger partial charge in [0, 0.05) is 5.02 Å². The number of hydrogen-bond donors (Lipinski definition) is 2. The minimum atomic E-state index is -1.02. The van der Waals surface area contributed by atoms with Crippen LogP contribution in [0.5, 0.6) is 0 Å². The highest BCUT2D eigenvalue weighted by Gasteiger charge is 2.11. The molecular weight excluding hydrogens is 232 g/mol. The van der Waals surface area contributed by atoms with Gasteiger partial charge in [0.05, 0.1) is 5.39 Å². The lowest BCUT2D eigenvalue weighted by Gasteiger charge is -1.97. The number of nitrogens with zero attached hydrogens (tertiary/aromatic N) is 1. The summed E-state index contributed by atoms with van der Waals surface area (Å²) < 4.78 is 1.22. The van der Waals surface area contributed by atoms with Gasteiger partial charge in [-0.15, -0.1) is 4.68 Å². The summed E-state index contributed by atoms with van der Waals surface area (Å²) in [6.45, 7) is -0.284. The number of nitrogens with one attached hydrogen (secondary N) is 1. The fourth-order valence-electron chi connectivity index (χ4n) is 1.45. The molecule has 0 aliphatic heterocycles. The number of hydrogen-bond acceptors (Lipinski definition) is 2. The molecule has 0 bridgehead atoms. The molecule has 2 aromatic rings. The number of aliphatic carboxylic acids is 1. The average Bonchev–Trinajstić information content (AvgIpc) is 2.18. The first-order valence-electron chi connectivity index (χ1n) is 4.50. The van der Waals surface area contributed by atoms with Crippen LogP contribution in [0.4, 0.5) is 0 Å². The maximum atomic E-state index is 11.6. The predicted octanol–water partition coefficient (Wildman–Crippen LogP) is 0.554. The summed E-state index contributed by atoms with van der Waals surface area (Å²) in [5.41, 5.74) is 0.288. The Bertz CT molecular complexity index is 621. The van der Waals surface area contributed by atoms with E-state index in [2.05, 4.69) is 5.10 Å². The van der Waals surface area contributed by atoms with E-state index in [0.717, 1.165) is 0 Å². The SMILES string of the molecule is O=C(O)C[n+]1cc(=O)c2cc(Cl)ccc2[nH]1. The van der Waals surface area contributed by atoms with Gasteiger partial charge in [-0.3, -0.25) is 4.79 Å². The Labute approximate surface area is 94.9 Å².